The lowest BCUT2D eigenvalue weighted by Crippen LogP contribution is -2.27. The third kappa shape index (κ3) is 7.06. The molecule has 0 aromatic heterocycles. The number of ether oxygens (including phenoxy) is 1. The lowest BCUT2D eigenvalue weighted by atomic mass is 9.97. The molecule has 1 aliphatic heterocycles. The van der Waals surface area contributed by atoms with E-state index in [0.29, 0.717) is 23.9 Å². The van der Waals surface area contributed by atoms with Crippen LogP contribution in [0, 0.1) is 0 Å². The van der Waals surface area contributed by atoms with Crippen LogP contribution in [0.5, 0.6) is 0 Å². The van der Waals surface area contributed by atoms with Gasteiger partial charge in [-0.05, 0) is 57.2 Å². The van der Waals surface area contributed by atoms with Gasteiger partial charge in [-0.2, -0.15) is 0 Å². The molecule has 0 bridgehead atoms. The Morgan fingerprint density at radius 1 is 1.27 bits per heavy atom. The smallest absolute Gasteiger partial charge is 0.311 e. The van der Waals surface area contributed by atoms with E-state index in [1.54, 1.807) is 6.92 Å². The molecule has 0 saturated carbocycles. The van der Waals surface area contributed by atoms with E-state index < -0.39 is 0 Å². The van der Waals surface area contributed by atoms with Crippen molar-refractivity contribution in [1.29, 1.82) is 0 Å². The summed E-state index contributed by atoms with van der Waals surface area (Å²) in [5.74, 6) is -0.0249. The minimum atomic E-state index is -0.297. The summed E-state index contributed by atoms with van der Waals surface area (Å²) < 4.78 is 5.07. The number of thioether (sulfide) groups is 1. The highest BCUT2D eigenvalue weighted by molar-refractivity contribution is 8.14. The zero-order chi connectivity index (χ0) is 21.2. The number of nitrogens with zero attached hydrogens (tertiary/aromatic N) is 1. The van der Waals surface area contributed by atoms with E-state index >= 15 is 0 Å². The molecule has 30 heavy (non-hydrogen) atoms. The van der Waals surface area contributed by atoms with E-state index in [0.717, 1.165) is 30.6 Å². The van der Waals surface area contributed by atoms with E-state index in [1.807, 2.05) is 30.3 Å². The number of nitrogens with one attached hydrogen (secondary N) is 2. The zero-order valence-corrected chi connectivity index (χ0v) is 18.2. The minimum absolute atomic E-state index is 0.00931. The first-order valence-electron chi connectivity index (χ1n) is 10.5. The Hall–Kier alpha value is -2.54. The van der Waals surface area contributed by atoms with Crippen molar-refractivity contribution in [2.24, 2.45) is 4.99 Å². The number of rotatable bonds is 8. The zero-order valence-electron chi connectivity index (χ0n) is 17.4. The van der Waals surface area contributed by atoms with Crippen molar-refractivity contribution in [3.05, 3.63) is 47.7 Å². The van der Waals surface area contributed by atoms with Gasteiger partial charge in [-0.25, -0.2) is 4.99 Å². The summed E-state index contributed by atoms with van der Waals surface area (Å²) in [5, 5.41) is 6.95. The quantitative estimate of drug-likeness (QED) is 0.464. The van der Waals surface area contributed by atoms with Gasteiger partial charge in [-0.1, -0.05) is 35.5 Å². The topological polar surface area (TPSA) is 79.8 Å². The van der Waals surface area contributed by atoms with Gasteiger partial charge in [0, 0.05) is 12.2 Å². The van der Waals surface area contributed by atoms with Crippen LogP contribution >= 0.6 is 11.8 Å². The van der Waals surface area contributed by atoms with Gasteiger partial charge >= 0.3 is 5.97 Å². The van der Waals surface area contributed by atoms with Crippen LogP contribution in [0.2, 0.25) is 0 Å². The lowest BCUT2D eigenvalue weighted by molar-refractivity contribution is -0.142. The molecule has 3 rings (SSSR count). The molecule has 0 unspecified atom stereocenters. The van der Waals surface area contributed by atoms with Crippen molar-refractivity contribution >= 4 is 40.1 Å². The molecule has 0 atom stereocenters. The molecule has 6 nitrogen and oxygen atoms in total. The molecule has 0 saturated heterocycles. The molecule has 1 aromatic carbocycles. The number of hydrogen-bond donors (Lipinski definition) is 2. The van der Waals surface area contributed by atoms with Gasteiger partial charge in [0.2, 0.25) is 5.91 Å². The molecule has 0 radical (unpaired) electrons. The SMILES string of the molecule is CCOC(=O)CC1=CC(SCC(=O)NCCC2=CCCCC2)=Nc2ccccc2N1. The van der Waals surface area contributed by atoms with Crippen LogP contribution in [0.25, 0.3) is 0 Å². The van der Waals surface area contributed by atoms with Crippen molar-refractivity contribution in [2.75, 3.05) is 24.2 Å². The van der Waals surface area contributed by atoms with Crippen molar-refractivity contribution < 1.29 is 14.3 Å². The van der Waals surface area contributed by atoms with Gasteiger partial charge in [0.1, 0.15) is 0 Å². The summed E-state index contributed by atoms with van der Waals surface area (Å²) in [7, 11) is 0. The third-order valence-electron chi connectivity index (χ3n) is 4.87. The molecule has 1 amide bonds. The number of fused-ring (bicyclic) bond motifs is 1. The average Bonchev–Trinajstić information content (AvgIpc) is 2.91. The van der Waals surface area contributed by atoms with E-state index in [1.165, 1.54) is 30.2 Å². The summed E-state index contributed by atoms with van der Waals surface area (Å²) in [6.07, 6.45) is 10.0. The summed E-state index contributed by atoms with van der Waals surface area (Å²) in [6.45, 7) is 2.80. The number of benzene rings is 1. The van der Waals surface area contributed by atoms with Crippen molar-refractivity contribution in [3.63, 3.8) is 0 Å². The molecule has 0 fully saturated rings. The molecular formula is C23H29N3O3S. The molecule has 160 valence electrons. The molecule has 0 spiro atoms. The molecule has 2 aliphatic rings. The van der Waals surface area contributed by atoms with Gasteiger partial charge in [0.15, 0.2) is 0 Å². The normalized spacial score (nSPS) is 15.6. The maximum absolute atomic E-state index is 12.3. The predicted molar refractivity (Wildman–Crippen MR) is 123 cm³/mol. The maximum Gasteiger partial charge on any atom is 0.311 e. The highest BCUT2D eigenvalue weighted by Gasteiger charge is 2.15. The Balaban J connectivity index is 1.57. The molecule has 1 aromatic rings. The number of hydrogen-bond acceptors (Lipinski definition) is 6. The second-order valence-electron chi connectivity index (χ2n) is 7.24. The van der Waals surface area contributed by atoms with E-state index in [2.05, 4.69) is 21.7 Å². The number of aliphatic imine (C=N–C) groups is 1. The molecule has 1 heterocycles. The number of carbonyl (C=O) groups excluding carboxylic acids is 2. The third-order valence-corrected chi connectivity index (χ3v) is 5.78. The van der Waals surface area contributed by atoms with Crippen LogP contribution < -0.4 is 10.6 Å². The summed E-state index contributed by atoms with van der Waals surface area (Å²) in [5.41, 5.74) is 3.76. The first kappa shape index (κ1) is 22.2. The summed E-state index contributed by atoms with van der Waals surface area (Å²) in [6, 6.07) is 7.64. The van der Waals surface area contributed by atoms with Crippen LogP contribution in [-0.2, 0) is 14.3 Å². The van der Waals surface area contributed by atoms with Crippen LogP contribution in [-0.4, -0.2) is 35.8 Å². The lowest BCUT2D eigenvalue weighted by Gasteiger charge is -2.12. The van der Waals surface area contributed by atoms with Gasteiger partial charge in [-0.15, -0.1) is 0 Å². The number of anilines is 1. The number of carbonyl (C=O) groups is 2. The average molecular weight is 428 g/mol. The van der Waals surface area contributed by atoms with Crippen LogP contribution in [0.1, 0.15) is 45.4 Å². The van der Waals surface area contributed by atoms with Crippen molar-refractivity contribution in [1.82, 2.24) is 5.32 Å². The number of para-hydroxylation sites is 2. The number of amides is 1. The van der Waals surface area contributed by atoms with Crippen molar-refractivity contribution in [3.8, 4) is 0 Å². The first-order valence-corrected chi connectivity index (χ1v) is 11.5. The number of allylic oxidation sites excluding steroid dienone is 1. The van der Waals surface area contributed by atoms with E-state index in [-0.39, 0.29) is 24.1 Å². The number of esters is 1. The Morgan fingerprint density at radius 3 is 2.93 bits per heavy atom. The predicted octanol–water partition coefficient (Wildman–Crippen LogP) is 4.72. The first-order chi connectivity index (χ1) is 14.6. The second-order valence-corrected chi connectivity index (χ2v) is 8.24. The minimum Gasteiger partial charge on any atom is -0.466 e. The monoisotopic (exact) mass is 427 g/mol. The molecule has 7 heteroatoms. The molecule has 1 aliphatic carbocycles. The Morgan fingerprint density at radius 2 is 2.13 bits per heavy atom. The Bertz CT molecular complexity index is 861. The Kier molecular flexibility index (Phi) is 8.56. The van der Waals surface area contributed by atoms with E-state index in [9.17, 15) is 9.59 Å². The highest BCUT2D eigenvalue weighted by atomic mass is 32.2. The summed E-state index contributed by atoms with van der Waals surface area (Å²) >= 11 is 1.37. The van der Waals surface area contributed by atoms with E-state index in [4.69, 9.17) is 4.74 Å². The molecular weight excluding hydrogens is 398 g/mol. The summed E-state index contributed by atoms with van der Waals surface area (Å²) in [4.78, 5) is 28.9. The standard InChI is InChI=1S/C23H29N3O3S/c1-2-29-23(28)15-18-14-22(26-20-11-7-6-10-19(20)25-18)30-16-21(27)24-13-12-17-8-4-3-5-9-17/h6-8,10-11,14,25H,2-5,9,12-13,15-16H2,1H3,(H,24,27). The second kappa shape index (κ2) is 11.6. The highest BCUT2D eigenvalue weighted by Crippen LogP contribution is 2.31. The van der Waals surface area contributed by atoms with Crippen LogP contribution in [0.15, 0.2) is 52.7 Å². The fraction of sp³-hybridized carbons (Fsp3) is 0.435. The van der Waals surface area contributed by atoms with Gasteiger partial charge in [0.05, 0.1) is 35.2 Å². The van der Waals surface area contributed by atoms with Crippen LogP contribution in [0.4, 0.5) is 11.4 Å². The van der Waals surface area contributed by atoms with Gasteiger partial charge < -0.3 is 15.4 Å². The van der Waals surface area contributed by atoms with Gasteiger partial charge in [0.25, 0.3) is 0 Å². The maximum atomic E-state index is 12.3. The largest absolute Gasteiger partial charge is 0.466 e. The van der Waals surface area contributed by atoms with Gasteiger partial charge in [-0.3, -0.25) is 9.59 Å². The fourth-order valence-corrected chi connectivity index (χ4v) is 4.18. The molecule has 2 N–H and O–H groups in total. The Labute approximate surface area is 182 Å². The van der Waals surface area contributed by atoms with Crippen molar-refractivity contribution in [2.45, 2.75) is 45.4 Å². The van der Waals surface area contributed by atoms with Crippen LogP contribution in [0.3, 0.4) is 0 Å². The fourth-order valence-electron chi connectivity index (χ4n) is 3.41.